The van der Waals surface area contributed by atoms with Crippen LogP contribution in [-0.2, 0) is 0 Å². The summed E-state index contributed by atoms with van der Waals surface area (Å²) in [6.07, 6.45) is 8.45. The van der Waals surface area contributed by atoms with Crippen molar-refractivity contribution >= 4 is 0 Å². The molecule has 2 fully saturated rings. The first-order valence-electron chi connectivity index (χ1n) is 8.12. The van der Waals surface area contributed by atoms with E-state index in [2.05, 4.69) is 31.0 Å². The summed E-state index contributed by atoms with van der Waals surface area (Å²) in [7, 11) is 0. The Balaban J connectivity index is 1.62. The molecule has 106 valence electrons. The third-order valence-corrected chi connectivity index (χ3v) is 5.04. The Morgan fingerprint density at radius 3 is 2.50 bits per heavy atom. The summed E-state index contributed by atoms with van der Waals surface area (Å²) < 4.78 is 0. The molecule has 1 saturated heterocycles. The number of nitrogens with zero attached hydrogens (tertiary/aromatic N) is 1. The molecule has 0 aromatic rings. The number of piperidine rings is 1. The second-order valence-corrected chi connectivity index (χ2v) is 6.94. The molecule has 1 saturated carbocycles. The highest BCUT2D eigenvalue weighted by atomic mass is 15.2. The first-order chi connectivity index (χ1) is 8.65. The van der Waals surface area contributed by atoms with Crippen molar-refractivity contribution in [1.29, 1.82) is 0 Å². The van der Waals surface area contributed by atoms with Crippen LogP contribution in [0.3, 0.4) is 0 Å². The van der Waals surface area contributed by atoms with Crippen LogP contribution in [0.2, 0.25) is 0 Å². The van der Waals surface area contributed by atoms with E-state index in [9.17, 15) is 0 Å². The lowest BCUT2D eigenvalue weighted by atomic mass is 9.87. The fourth-order valence-electron chi connectivity index (χ4n) is 3.82. The molecule has 0 aromatic carbocycles. The topological polar surface area (TPSA) is 15.3 Å². The van der Waals surface area contributed by atoms with Crippen molar-refractivity contribution in [3.8, 4) is 0 Å². The van der Waals surface area contributed by atoms with Crippen molar-refractivity contribution in [3.63, 3.8) is 0 Å². The second-order valence-electron chi connectivity index (χ2n) is 6.94. The monoisotopic (exact) mass is 252 g/mol. The molecule has 1 aliphatic heterocycles. The van der Waals surface area contributed by atoms with E-state index in [1.165, 1.54) is 58.2 Å². The third-order valence-electron chi connectivity index (χ3n) is 5.04. The zero-order valence-corrected chi connectivity index (χ0v) is 12.6. The van der Waals surface area contributed by atoms with Gasteiger partial charge in [-0.15, -0.1) is 0 Å². The molecule has 4 unspecified atom stereocenters. The van der Waals surface area contributed by atoms with E-state index in [-0.39, 0.29) is 0 Å². The van der Waals surface area contributed by atoms with Gasteiger partial charge in [0.2, 0.25) is 0 Å². The molecule has 2 rings (SSSR count). The van der Waals surface area contributed by atoms with Crippen molar-refractivity contribution in [1.82, 2.24) is 10.2 Å². The van der Waals surface area contributed by atoms with Gasteiger partial charge in [0.1, 0.15) is 0 Å². The van der Waals surface area contributed by atoms with E-state index < -0.39 is 0 Å². The van der Waals surface area contributed by atoms with E-state index in [1.807, 2.05) is 0 Å². The lowest BCUT2D eigenvalue weighted by Gasteiger charge is -2.37. The van der Waals surface area contributed by atoms with Crippen molar-refractivity contribution in [2.45, 2.75) is 71.4 Å². The van der Waals surface area contributed by atoms with Crippen LogP contribution in [0.1, 0.15) is 59.3 Å². The number of hydrogen-bond acceptors (Lipinski definition) is 2. The van der Waals surface area contributed by atoms with Crippen molar-refractivity contribution in [2.75, 3.05) is 19.6 Å². The smallest absolute Gasteiger partial charge is 0.0110 e. The molecule has 1 aliphatic carbocycles. The molecule has 0 aromatic heterocycles. The molecule has 2 nitrogen and oxygen atoms in total. The molecule has 18 heavy (non-hydrogen) atoms. The summed E-state index contributed by atoms with van der Waals surface area (Å²) in [6.45, 7) is 11.0. The van der Waals surface area contributed by atoms with E-state index in [0.717, 1.165) is 23.9 Å². The fraction of sp³-hybridized carbons (Fsp3) is 1.00. The van der Waals surface area contributed by atoms with Gasteiger partial charge in [0.25, 0.3) is 0 Å². The van der Waals surface area contributed by atoms with Gasteiger partial charge < -0.3 is 5.32 Å². The Labute approximate surface area is 114 Å². The molecule has 4 atom stereocenters. The minimum absolute atomic E-state index is 0.792. The normalized spacial score (nSPS) is 38.8. The molecule has 0 radical (unpaired) electrons. The molecule has 2 heteroatoms. The average molecular weight is 252 g/mol. The average Bonchev–Trinajstić information content (AvgIpc) is 2.32. The summed E-state index contributed by atoms with van der Waals surface area (Å²) in [5, 5.41) is 3.79. The van der Waals surface area contributed by atoms with Crippen LogP contribution in [0.4, 0.5) is 0 Å². The predicted molar refractivity (Wildman–Crippen MR) is 78.9 cm³/mol. The number of nitrogens with one attached hydrogen (secondary N) is 1. The maximum absolute atomic E-state index is 3.79. The largest absolute Gasteiger partial charge is 0.313 e. The summed E-state index contributed by atoms with van der Waals surface area (Å²) in [4.78, 5) is 2.68. The first kappa shape index (κ1) is 14.3. The quantitative estimate of drug-likeness (QED) is 0.826. The third kappa shape index (κ3) is 4.24. The molecular weight excluding hydrogens is 220 g/mol. The van der Waals surface area contributed by atoms with Crippen molar-refractivity contribution in [2.24, 2.45) is 11.8 Å². The summed E-state index contributed by atoms with van der Waals surface area (Å²) in [6, 6.07) is 1.59. The lowest BCUT2D eigenvalue weighted by Crippen LogP contribution is -2.45. The SMILES string of the molecule is CC1CCCC(NCCN2CCC(C)CC2C)C1. The Morgan fingerprint density at radius 1 is 1.00 bits per heavy atom. The lowest BCUT2D eigenvalue weighted by molar-refractivity contribution is 0.128. The number of hydrogen-bond donors (Lipinski definition) is 1. The summed E-state index contributed by atoms with van der Waals surface area (Å²) >= 11 is 0. The zero-order valence-electron chi connectivity index (χ0n) is 12.6. The molecule has 1 heterocycles. The predicted octanol–water partition coefficient (Wildman–Crippen LogP) is 3.28. The highest BCUT2D eigenvalue weighted by molar-refractivity contribution is 4.79. The van der Waals surface area contributed by atoms with Crippen molar-refractivity contribution in [3.05, 3.63) is 0 Å². The van der Waals surface area contributed by atoms with Gasteiger partial charge in [-0.2, -0.15) is 0 Å². The Hall–Kier alpha value is -0.0800. The van der Waals surface area contributed by atoms with Crippen LogP contribution in [0.15, 0.2) is 0 Å². The maximum Gasteiger partial charge on any atom is 0.0110 e. The summed E-state index contributed by atoms with van der Waals surface area (Å²) in [5.41, 5.74) is 0. The Morgan fingerprint density at radius 2 is 1.78 bits per heavy atom. The highest BCUT2D eigenvalue weighted by Gasteiger charge is 2.23. The van der Waals surface area contributed by atoms with Gasteiger partial charge in [0, 0.05) is 25.2 Å². The Kier molecular flexibility index (Phi) is 5.50. The standard InChI is InChI=1S/C16H32N2/c1-13-5-4-6-16(12-13)17-8-10-18-9-7-14(2)11-15(18)3/h13-17H,4-12H2,1-3H3. The van der Waals surface area contributed by atoms with Crippen LogP contribution in [0, 0.1) is 11.8 Å². The van der Waals surface area contributed by atoms with Gasteiger partial charge in [-0.25, -0.2) is 0 Å². The van der Waals surface area contributed by atoms with E-state index >= 15 is 0 Å². The molecule has 0 spiro atoms. The van der Waals surface area contributed by atoms with E-state index in [0.29, 0.717) is 0 Å². The first-order valence-corrected chi connectivity index (χ1v) is 8.12. The van der Waals surface area contributed by atoms with E-state index in [1.54, 1.807) is 0 Å². The van der Waals surface area contributed by atoms with Crippen LogP contribution < -0.4 is 5.32 Å². The van der Waals surface area contributed by atoms with Gasteiger partial charge in [0.15, 0.2) is 0 Å². The molecule has 1 N–H and O–H groups in total. The van der Waals surface area contributed by atoms with Crippen LogP contribution in [-0.4, -0.2) is 36.6 Å². The van der Waals surface area contributed by atoms with Gasteiger partial charge in [-0.3, -0.25) is 4.90 Å². The fourth-order valence-corrected chi connectivity index (χ4v) is 3.82. The highest BCUT2D eigenvalue weighted by Crippen LogP contribution is 2.24. The van der Waals surface area contributed by atoms with Gasteiger partial charge in [-0.05, 0) is 51.0 Å². The van der Waals surface area contributed by atoms with Gasteiger partial charge >= 0.3 is 0 Å². The zero-order chi connectivity index (χ0) is 13.0. The van der Waals surface area contributed by atoms with E-state index in [4.69, 9.17) is 0 Å². The molecular formula is C16H32N2. The van der Waals surface area contributed by atoms with Crippen molar-refractivity contribution < 1.29 is 0 Å². The van der Waals surface area contributed by atoms with Crippen LogP contribution in [0.25, 0.3) is 0 Å². The minimum Gasteiger partial charge on any atom is -0.313 e. The van der Waals surface area contributed by atoms with Crippen LogP contribution >= 0.6 is 0 Å². The molecule has 0 bridgehead atoms. The minimum atomic E-state index is 0.792. The molecule has 0 amide bonds. The number of rotatable bonds is 4. The summed E-state index contributed by atoms with van der Waals surface area (Å²) in [5.74, 6) is 1.87. The maximum atomic E-state index is 3.79. The van der Waals surface area contributed by atoms with Gasteiger partial charge in [-0.1, -0.05) is 26.7 Å². The molecule has 2 aliphatic rings. The Bertz CT molecular complexity index is 241. The second kappa shape index (κ2) is 6.91. The van der Waals surface area contributed by atoms with Crippen LogP contribution in [0.5, 0.6) is 0 Å². The number of likely N-dealkylation sites (tertiary alicyclic amines) is 1. The van der Waals surface area contributed by atoms with Gasteiger partial charge in [0.05, 0.1) is 0 Å².